The summed E-state index contributed by atoms with van der Waals surface area (Å²) < 4.78 is 21.8. The van der Waals surface area contributed by atoms with Crippen LogP contribution in [0.5, 0.6) is 0 Å². The molecule has 0 aliphatic carbocycles. The zero-order chi connectivity index (χ0) is 25.5. The van der Waals surface area contributed by atoms with Crippen LogP contribution < -0.4 is 0 Å². The van der Waals surface area contributed by atoms with Crippen LogP contribution in [0.2, 0.25) is 0 Å². The first-order valence-electron chi connectivity index (χ1n) is 13.2. The molecule has 0 N–H and O–H groups in total. The van der Waals surface area contributed by atoms with Gasteiger partial charge >= 0.3 is 0 Å². The predicted octanol–water partition coefficient (Wildman–Crippen LogP) is 11.9. The van der Waals surface area contributed by atoms with Crippen LogP contribution in [0.4, 0.5) is 0 Å². The average Bonchev–Trinajstić information content (AvgIpc) is 2.84. The number of hydrogen-bond donors (Lipinski definition) is 0. The molecule has 0 nitrogen and oxygen atoms in total. The topological polar surface area (TPSA) is 0 Å². The first kappa shape index (κ1) is 43.5. The fourth-order valence-corrected chi connectivity index (χ4v) is 0. The first-order valence-corrected chi connectivity index (χ1v) is 10.8. The summed E-state index contributed by atoms with van der Waals surface area (Å²) in [4.78, 5) is 0. The summed E-state index contributed by atoms with van der Waals surface area (Å²) in [6.07, 6.45) is 5.28. The van der Waals surface area contributed by atoms with Gasteiger partial charge in [-0.3, -0.25) is 0 Å². The molecule has 0 amide bonds. The maximum absolute atomic E-state index is 5.88. The van der Waals surface area contributed by atoms with Gasteiger partial charge in [-0.15, -0.1) is 0 Å². The second kappa shape index (κ2) is 606. The van der Waals surface area contributed by atoms with Gasteiger partial charge in [-0.2, -0.15) is 0 Å². The van der Waals surface area contributed by atoms with E-state index in [1.165, 1.54) is 25.7 Å². The maximum Gasteiger partial charge on any atom is 0.0194 e. The molecule has 0 saturated heterocycles. The van der Waals surface area contributed by atoms with Crippen LogP contribution in [-0.4, -0.2) is 0 Å². The van der Waals surface area contributed by atoms with Gasteiger partial charge in [-0.05, 0) is 0 Å². The minimum absolute atomic E-state index is 0. The van der Waals surface area contributed by atoms with E-state index in [1.807, 2.05) is 96.9 Å². The minimum Gasteiger partial charge on any atom is -0.0776 e. The van der Waals surface area contributed by atoms with E-state index >= 15 is 0 Å². The Bertz CT molecular complexity index is 34.2. The summed E-state index contributed by atoms with van der Waals surface area (Å²) in [7, 11) is -0.250. The Morgan fingerprint density at radius 2 is 0.522 bits per heavy atom. The lowest BCUT2D eigenvalue weighted by Crippen LogP contribution is -1.47. The highest BCUT2D eigenvalue weighted by Crippen LogP contribution is 1.77. The molecule has 0 aliphatic heterocycles. The van der Waals surface area contributed by atoms with Crippen molar-refractivity contribution in [1.29, 1.82) is 0 Å². The molecule has 0 atom stereocenters. The zero-order valence-corrected chi connectivity index (χ0v) is 21.5. The lowest BCUT2D eigenvalue weighted by atomic mass is 10.4. The molecule has 0 bridgehead atoms. The van der Waals surface area contributed by atoms with Gasteiger partial charge in [0.1, 0.15) is 0 Å². The Morgan fingerprint density at radius 3 is 0.522 bits per heavy atom. The highest BCUT2D eigenvalue weighted by atomic mass is 13.6. The Hall–Kier alpha value is 0. The Kier molecular flexibility index (Phi) is 1150. The third-order valence-corrected chi connectivity index (χ3v) is 1.000. The molecule has 162 valence electrons. The molecular formula is C23H70. The van der Waals surface area contributed by atoms with Crippen LogP contribution in [-0.2, 0) is 0 Å². The third-order valence-electron chi connectivity index (χ3n) is 1.000. The SMILES string of the molecule is CC.CC.CC.CC.CC.CC.CC.CCCC.CCCC.[3HH].[3H]C[3H].[3H][3H]. The monoisotopic (exact) mass is 357 g/mol. The Balaban J connectivity index is -0.0000000102. The van der Waals surface area contributed by atoms with Crippen molar-refractivity contribution in [2.45, 2.75) is 158 Å². The summed E-state index contributed by atoms with van der Waals surface area (Å²) in [6, 6.07) is 0. The van der Waals surface area contributed by atoms with E-state index in [9.17, 15) is 0 Å². The van der Waals surface area contributed by atoms with Gasteiger partial charge in [-0.25, -0.2) is 0 Å². The molecule has 0 fully saturated rings. The molecule has 0 rings (SSSR count). The van der Waals surface area contributed by atoms with Gasteiger partial charge in [0.15, 0.2) is 0 Å². The lowest BCUT2D eigenvalue weighted by Gasteiger charge is -1.68. The zero-order valence-electron chi connectivity index (χ0n) is 25.5. The lowest BCUT2D eigenvalue weighted by molar-refractivity contribution is 0.886. The largest absolute Gasteiger partial charge is 0.0776 e. The van der Waals surface area contributed by atoms with Crippen molar-refractivity contribution in [3.05, 3.63) is 0 Å². The Labute approximate surface area is 165 Å². The van der Waals surface area contributed by atoms with E-state index in [0.29, 0.717) is 0 Å². The van der Waals surface area contributed by atoms with Gasteiger partial charge in [-0.1, -0.05) is 158 Å². The molecule has 0 radical (unpaired) electrons. The summed E-state index contributed by atoms with van der Waals surface area (Å²) in [6.45, 7) is 36.7. The van der Waals surface area contributed by atoms with Crippen molar-refractivity contribution in [1.82, 2.24) is 0 Å². The third kappa shape index (κ3) is 2200. The second-order valence-electron chi connectivity index (χ2n) is 2.00. The molecule has 0 spiro atoms. The quantitative estimate of drug-likeness (QED) is 0.461. The van der Waals surface area contributed by atoms with E-state index in [0.717, 1.165) is 0 Å². The van der Waals surface area contributed by atoms with Crippen LogP contribution in [0.1, 0.15) is 165 Å². The average molecular weight is 357 g/mol. The highest BCUT2D eigenvalue weighted by molar-refractivity contribution is 4.13. The van der Waals surface area contributed by atoms with Gasteiger partial charge < -0.3 is 0 Å². The van der Waals surface area contributed by atoms with E-state index in [4.69, 9.17) is 5.71 Å². The van der Waals surface area contributed by atoms with E-state index < -0.39 is 0 Å². The summed E-state index contributed by atoms with van der Waals surface area (Å²) in [5, 5.41) is 0. The number of unbranched alkanes of at least 4 members (excludes halogenated alkanes) is 2. The number of hydrogen-bond acceptors (Lipinski definition) is 0. The molecule has 0 aromatic carbocycles. The molecule has 0 heterocycles. The highest BCUT2D eigenvalue weighted by Gasteiger charge is 1.56. The van der Waals surface area contributed by atoms with Crippen molar-refractivity contribution >= 4 is 0 Å². The fourth-order valence-electron chi connectivity index (χ4n) is 0. The van der Waals surface area contributed by atoms with Crippen molar-refractivity contribution in [3.8, 4) is 0 Å². The van der Waals surface area contributed by atoms with Gasteiger partial charge in [0, 0.05) is 7.14 Å². The van der Waals surface area contributed by atoms with E-state index in [1.54, 1.807) is 0 Å². The first-order chi connectivity index (χ1) is 13.2. The fraction of sp³-hybridized carbons (Fsp3) is 1.00. The van der Waals surface area contributed by atoms with Crippen molar-refractivity contribution in [2.75, 3.05) is 0 Å². The van der Waals surface area contributed by atoms with Gasteiger partial charge in [0.05, 0.1) is 0 Å². The molecule has 0 heteroatoms. The predicted molar refractivity (Wildman–Crippen MR) is 132 cm³/mol. The van der Waals surface area contributed by atoms with E-state index in [-0.39, 0.29) is 8.81 Å². The standard InChI is InChI=1S/2C4H10.7C2H6.CH4.2H2/c2*1-3-4-2;7*1-2;;;/h2*3-4H2,1-2H3;7*1-2H3;1H4;2*1H/i;;;;;;;;;1T2;1+2T;1+2. The summed E-state index contributed by atoms with van der Waals surface area (Å²) in [5.74, 6) is 0. The molecule has 0 aliphatic rings. The summed E-state index contributed by atoms with van der Waals surface area (Å²) in [5.41, 5.74) is 0. The normalized spacial score (nSPS) is 5.65. The van der Waals surface area contributed by atoms with Gasteiger partial charge in [0.2, 0.25) is 0 Å². The molecule has 0 unspecified atom stereocenters. The van der Waals surface area contributed by atoms with Crippen molar-refractivity contribution in [3.63, 3.8) is 0 Å². The summed E-state index contributed by atoms with van der Waals surface area (Å²) >= 11 is 0. The number of rotatable bonds is 2. The Morgan fingerprint density at radius 1 is 0.478 bits per heavy atom. The smallest absolute Gasteiger partial charge is 0.0194 e. The van der Waals surface area contributed by atoms with Crippen LogP contribution in [0.3, 0.4) is 0 Å². The minimum atomic E-state index is -0.250. The van der Waals surface area contributed by atoms with Crippen LogP contribution in [0, 0.1) is 0 Å². The van der Waals surface area contributed by atoms with E-state index in [2.05, 4.69) is 27.7 Å². The maximum atomic E-state index is 5.88. The molecular weight excluding hydrogens is 276 g/mol. The van der Waals surface area contributed by atoms with Crippen LogP contribution in [0.15, 0.2) is 0 Å². The second-order valence-corrected chi connectivity index (χ2v) is 2.00. The molecule has 0 aromatic rings. The van der Waals surface area contributed by atoms with Crippen LogP contribution >= 0.6 is 0 Å². The van der Waals surface area contributed by atoms with Crippen molar-refractivity contribution in [2.24, 2.45) is 0 Å². The van der Waals surface area contributed by atoms with Gasteiger partial charge in [0.25, 0.3) is 0 Å². The van der Waals surface area contributed by atoms with Crippen LogP contribution in [0.25, 0.3) is 0 Å². The molecule has 23 heavy (non-hydrogen) atoms. The van der Waals surface area contributed by atoms with Crippen molar-refractivity contribution < 1.29 is 7.14 Å². The molecule has 0 aromatic heterocycles. The molecule has 0 saturated carbocycles.